The van der Waals surface area contributed by atoms with E-state index in [9.17, 15) is 0 Å². The molecule has 318 valence electrons. The molecule has 0 aliphatic carbocycles. The summed E-state index contributed by atoms with van der Waals surface area (Å²) in [5, 5.41) is -0.464. The summed E-state index contributed by atoms with van der Waals surface area (Å²) in [5.74, 6) is 1.96. The van der Waals surface area contributed by atoms with Crippen LogP contribution in [-0.4, -0.2) is 79.2 Å². The van der Waals surface area contributed by atoms with Crippen molar-refractivity contribution < 1.29 is 32.0 Å². The Morgan fingerprint density at radius 2 is 1.32 bits per heavy atom. The molecule has 3 aliphatic heterocycles. The van der Waals surface area contributed by atoms with Crippen molar-refractivity contribution in [3.63, 3.8) is 0 Å². The maximum absolute atomic E-state index is 7.52. The highest BCUT2D eigenvalue weighted by molar-refractivity contribution is 8.74. The molecule has 0 radical (unpaired) electrons. The number of aryl methyl sites for hydroxylation is 2. The summed E-state index contributed by atoms with van der Waals surface area (Å²) in [4.78, 5) is 7.33. The van der Waals surface area contributed by atoms with Gasteiger partial charge in [-0.15, -0.1) is 0 Å². The molecule has 57 heavy (non-hydrogen) atoms. The lowest BCUT2D eigenvalue weighted by atomic mass is 10.1. The number of ether oxygens (including phenoxy) is 3. The topological polar surface area (TPSA) is 80.2 Å². The van der Waals surface area contributed by atoms with Crippen LogP contribution in [-0.2, 0) is 34.3 Å². The zero-order valence-corrected chi connectivity index (χ0v) is 43.3. The average Bonchev–Trinajstić information content (AvgIpc) is 3.38. The Kier molecular flexibility index (Phi) is 13.3. The first-order valence-corrected chi connectivity index (χ1v) is 32.9. The van der Waals surface area contributed by atoms with Gasteiger partial charge in [-0.1, -0.05) is 92.3 Å². The van der Waals surface area contributed by atoms with Gasteiger partial charge in [-0.05, 0) is 115 Å². The van der Waals surface area contributed by atoms with Gasteiger partial charge in [0, 0.05) is 17.6 Å². The number of nitrogens with zero attached hydrogens (tertiary/aromatic N) is 2. The molecule has 0 bridgehead atoms. The summed E-state index contributed by atoms with van der Waals surface area (Å²) in [7, 11) is -5.30. The van der Waals surface area contributed by atoms with Gasteiger partial charge < -0.3 is 27.5 Å². The molecule has 15 heteroatoms. The molecule has 3 aliphatic rings. The Bertz CT molecular complexity index is 1860. The van der Waals surface area contributed by atoms with Gasteiger partial charge in [0.2, 0.25) is 5.90 Å². The molecule has 2 aromatic rings. The van der Waals surface area contributed by atoms with Gasteiger partial charge >= 0.3 is 5.18 Å². The van der Waals surface area contributed by atoms with E-state index in [0.29, 0.717) is 12.5 Å². The van der Waals surface area contributed by atoms with Crippen LogP contribution >= 0.6 is 16.8 Å². The van der Waals surface area contributed by atoms with Crippen LogP contribution in [0.3, 0.4) is 0 Å². The minimum Gasteiger partial charge on any atom is -0.497 e. The molecular weight excluding hydrogens is 824 g/mol. The summed E-state index contributed by atoms with van der Waals surface area (Å²) in [6.07, 6.45) is 1.93. The van der Waals surface area contributed by atoms with Gasteiger partial charge in [0.25, 0.3) is 0 Å². The summed E-state index contributed by atoms with van der Waals surface area (Å²) < 4.78 is 48.4. The maximum atomic E-state index is 7.52. The molecule has 1 spiro atoms. The normalized spacial score (nSPS) is 27.4. The van der Waals surface area contributed by atoms with E-state index < -0.39 is 60.1 Å². The molecule has 5 rings (SSSR count). The zero-order chi connectivity index (χ0) is 42.8. The third-order valence-corrected chi connectivity index (χ3v) is 32.6. The number of aliphatic imine (C=N–C) groups is 1. The van der Waals surface area contributed by atoms with Crippen molar-refractivity contribution in [2.45, 2.75) is 160 Å². The number of hydrogen-bond donors (Lipinski definition) is 0. The minimum absolute atomic E-state index is 0.0203. The molecule has 3 heterocycles. The van der Waals surface area contributed by atoms with Gasteiger partial charge in [0.05, 0.1) is 13.7 Å². The van der Waals surface area contributed by atoms with E-state index in [2.05, 4.69) is 106 Å². The van der Waals surface area contributed by atoms with Crippen molar-refractivity contribution in [2.75, 3.05) is 13.7 Å². The lowest BCUT2D eigenvalue weighted by Crippen LogP contribution is -2.61. The van der Waals surface area contributed by atoms with E-state index in [0.717, 1.165) is 27.9 Å². The van der Waals surface area contributed by atoms with Crippen LogP contribution in [0.2, 0.25) is 54.4 Å². The second-order valence-electron chi connectivity index (χ2n) is 20.2. The number of hydrogen-bond acceptors (Lipinski definition) is 11. The highest BCUT2D eigenvalue weighted by Gasteiger charge is 2.64. The van der Waals surface area contributed by atoms with E-state index in [-0.39, 0.29) is 15.1 Å². The van der Waals surface area contributed by atoms with Gasteiger partial charge in [0.15, 0.2) is 36.6 Å². The molecule has 0 saturated carbocycles. The van der Waals surface area contributed by atoms with Crippen LogP contribution in [0.25, 0.3) is 0 Å². The Hall–Kier alpha value is -1.30. The molecule has 2 aromatic carbocycles. The van der Waals surface area contributed by atoms with Crippen LogP contribution in [0, 0.1) is 13.8 Å². The quantitative estimate of drug-likeness (QED) is 0.161. The van der Waals surface area contributed by atoms with E-state index >= 15 is 0 Å². The monoisotopic (exact) mass is 892 g/mol. The van der Waals surface area contributed by atoms with Gasteiger partial charge in [-0.25, -0.2) is 0 Å². The van der Waals surface area contributed by atoms with Crippen LogP contribution < -0.4 is 14.8 Å². The Morgan fingerprint density at radius 1 is 0.807 bits per heavy atom. The molecule has 2 saturated heterocycles. The van der Waals surface area contributed by atoms with Crippen LogP contribution in [0.15, 0.2) is 59.7 Å². The Labute approximate surface area is 356 Å². The Morgan fingerprint density at radius 3 is 1.81 bits per heavy atom. The largest absolute Gasteiger partial charge is 0.497 e. The number of methoxy groups -OCH3 is 1. The van der Waals surface area contributed by atoms with Crippen LogP contribution in [0.5, 0.6) is 11.5 Å². The van der Waals surface area contributed by atoms with Crippen molar-refractivity contribution in [3.8, 4) is 11.5 Å². The predicted molar refractivity (Wildman–Crippen MR) is 249 cm³/mol. The average molecular weight is 893 g/mol. The maximum Gasteiger partial charge on any atom is 0.307 e. The highest BCUT2D eigenvalue weighted by Crippen LogP contribution is 2.78. The summed E-state index contributed by atoms with van der Waals surface area (Å²) >= 11 is 7.90. The third-order valence-electron chi connectivity index (χ3n) is 12.9. The number of rotatable bonds is 11. The molecule has 0 aromatic heterocycles. The SMILES string of the molecule is COc1ccc(P2(=S)OC3(N=C(Oc4c(C)cccc4C)C=CN3[C@@H]3O[C@H](CO[Si](C)(C)C(C)(C)C)[C@@H](O[Si](C)(C)C(C)(C)C)[C@H]3O[Si](C)(C)C(C)(C)C)S2)cc1. The standard InChI is InChI=1S/C42H69N2O7PS2Si3/c1-29-20-19-21-30(2)35(29)48-34-26-27-44(42(43-34)51-52(53,54-42)32-24-22-31(45-12)23-25-32)38-37(50-57(17,18)41(9,10)11)36(49-56(15,16)40(6,7)8)33(47-38)28-46-55(13,14)39(3,4)5/h19-27,33,36-38H,28H2,1-18H3/t33-,36-,37-,38-,42?,52?/m1/s1. The summed E-state index contributed by atoms with van der Waals surface area (Å²) in [6.45, 7) is 38.6. The highest BCUT2D eigenvalue weighted by atomic mass is 32.9. The smallest absolute Gasteiger partial charge is 0.307 e. The predicted octanol–water partition coefficient (Wildman–Crippen LogP) is 11.5. The van der Waals surface area contributed by atoms with Gasteiger partial charge in [0.1, 0.15) is 29.8 Å². The fourth-order valence-corrected chi connectivity index (χ4v) is 15.8. The summed E-state index contributed by atoms with van der Waals surface area (Å²) in [6, 6.07) is 13.9. The van der Waals surface area contributed by atoms with E-state index in [1.165, 1.54) is 11.4 Å². The van der Waals surface area contributed by atoms with Crippen LogP contribution in [0.4, 0.5) is 0 Å². The molecule has 2 fully saturated rings. The van der Waals surface area contributed by atoms with Gasteiger partial charge in [-0.2, -0.15) is 4.99 Å². The first-order valence-electron chi connectivity index (χ1n) is 20.1. The van der Waals surface area contributed by atoms with Gasteiger partial charge in [-0.3, -0.25) is 9.42 Å². The summed E-state index contributed by atoms with van der Waals surface area (Å²) in [5.41, 5.74) is -0.579. The van der Waals surface area contributed by atoms with Crippen molar-refractivity contribution in [2.24, 2.45) is 4.99 Å². The third kappa shape index (κ3) is 9.62. The lowest BCUT2D eigenvalue weighted by Gasteiger charge is -2.54. The number of para-hydroxylation sites is 1. The fraction of sp³-hybridized carbons (Fsp3) is 0.643. The molecule has 0 N–H and O–H groups in total. The van der Waals surface area contributed by atoms with Crippen molar-refractivity contribution in [3.05, 3.63) is 65.9 Å². The number of benzene rings is 2. The molecular formula is C42H69N2O7PS2Si3. The molecule has 9 nitrogen and oxygen atoms in total. The van der Waals surface area contributed by atoms with E-state index in [1.54, 1.807) is 7.11 Å². The van der Waals surface area contributed by atoms with E-state index in [4.69, 9.17) is 48.8 Å². The van der Waals surface area contributed by atoms with Crippen molar-refractivity contribution in [1.29, 1.82) is 0 Å². The van der Waals surface area contributed by atoms with Crippen LogP contribution in [0.1, 0.15) is 73.4 Å². The zero-order valence-electron chi connectivity index (χ0n) is 37.7. The fourth-order valence-electron chi connectivity index (χ4n) is 6.04. The minimum atomic E-state index is -2.62. The molecule has 0 amide bonds. The lowest BCUT2D eigenvalue weighted by molar-refractivity contribution is -0.133. The molecule has 2 unspecified atom stereocenters. The second-order valence-corrected chi connectivity index (χ2v) is 41.3. The second kappa shape index (κ2) is 16.2. The molecule has 6 atom stereocenters. The van der Waals surface area contributed by atoms with E-state index in [1.807, 2.05) is 68.6 Å². The first kappa shape index (κ1) is 46.8. The van der Waals surface area contributed by atoms with Crippen molar-refractivity contribution in [1.82, 2.24) is 4.90 Å². The first-order chi connectivity index (χ1) is 26.0. The Balaban J connectivity index is 1.64. The van der Waals surface area contributed by atoms with Crippen molar-refractivity contribution >= 4 is 64.8 Å².